The van der Waals surface area contributed by atoms with Crippen molar-refractivity contribution in [3.63, 3.8) is 0 Å². The highest BCUT2D eigenvalue weighted by Gasteiger charge is 2.19. The van der Waals surface area contributed by atoms with Crippen LogP contribution in [0.3, 0.4) is 0 Å². The van der Waals surface area contributed by atoms with Crippen molar-refractivity contribution in [2.45, 2.75) is 13.8 Å². The number of nitrogens with zero attached hydrogens (tertiary/aromatic N) is 3. The summed E-state index contributed by atoms with van der Waals surface area (Å²) in [4.78, 5) is 10.4. The Morgan fingerprint density at radius 2 is 2.11 bits per heavy atom. The van der Waals surface area contributed by atoms with Crippen molar-refractivity contribution in [3.8, 4) is 0 Å². The van der Waals surface area contributed by atoms with E-state index in [9.17, 15) is 0 Å². The summed E-state index contributed by atoms with van der Waals surface area (Å²) in [7, 11) is 4.14. The number of anilines is 2. The number of nitrogen functional groups attached to an aromatic ring is 1. The first kappa shape index (κ1) is 15.1. The molecule has 1 aromatic rings. The molecule has 0 aliphatic rings. The number of hydrogen-bond acceptors (Lipinski definition) is 6. The number of rotatable bonds is 6. The van der Waals surface area contributed by atoms with Crippen LogP contribution in [0.4, 0.5) is 11.8 Å². The van der Waals surface area contributed by atoms with Gasteiger partial charge in [0.2, 0.25) is 5.95 Å². The number of aromatic nitrogens is 2. The van der Waals surface area contributed by atoms with Gasteiger partial charge in [-0.15, -0.1) is 0 Å². The molecule has 0 fully saturated rings. The van der Waals surface area contributed by atoms with Crippen LogP contribution in [-0.4, -0.2) is 42.1 Å². The van der Waals surface area contributed by atoms with Crippen molar-refractivity contribution < 1.29 is 0 Å². The van der Waals surface area contributed by atoms with Gasteiger partial charge in [0.05, 0.1) is 4.47 Å². The van der Waals surface area contributed by atoms with Crippen LogP contribution < -0.4 is 16.6 Å². The normalized spacial score (nSPS) is 11.7. The Morgan fingerprint density at radius 1 is 1.44 bits per heavy atom. The summed E-state index contributed by atoms with van der Waals surface area (Å²) < 4.78 is 0.821. The van der Waals surface area contributed by atoms with Gasteiger partial charge >= 0.3 is 0 Å². The fourth-order valence-corrected chi connectivity index (χ4v) is 2.13. The molecule has 0 spiro atoms. The monoisotopic (exact) mass is 316 g/mol. The van der Waals surface area contributed by atoms with Gasteiger partial charge < -0.3 is 10.2 Å². The molecule has 18 heavy (non-hydrogen) atoms. The zero-order valence-corrected chi connectivity index (χ0v) is 12.9. The minimum Gasteiger partial charge on any atom is -0.368 e. The van der Waals surface area contributed by atoms with E-state index >= 15 is 0 Å². The predicted octanol–water partition coefficient (Wildman–Crippen LogP) is 1.52. The third kappa shape index (κ3) is 4.75. The lowest BCUT2D eigenvalue weighted by Crippen LogP contribution is -2.34. The quantitative estimate of drug-likeness (QED) is 0.545. The lowest BCUT2D eigenvalue weighted by Gasteiger charge is -2.28. The lowest BCUT2D eigenvalue weighted by molar-refractivity contribution is 0.254. The molecule has 102 valence electrons. The minimum absolute atomic E-state index is 0.143. The second-order valence-electron chi connectivity index (χ2n) is 5.29. The first-order valence-electron chi connectivity index (χ1n) is 5.72. The average Bonchev–Trinajstić information content (AvgIpc) is 2.26. The van der Waals surface area contributed by atoms with Crippen molar-refractivity contribution in [2.24, 2.45) is 11.3 Å². The fourth-order valence-electron chi connectivity index (χ4n) is 1.80. The number of hydrazine groups is 1. The molecule has 0 amide bonds. The van der Waals surface area contributed by atoms with Crippen molar-refractivity contribution in [3.05, 3.63) is 10.7 Å². The average molecular weight is 317 g/mol. The maximum Gasteiger partial charge on any atom is 0.239 e. The molecule has 0 aliphatic heterocycles. The standard InChI is InChI=1S/C11H21BrN6/c1-11(2,7-18(3)4)6-15-9-8(12)5-14-10(16-9)17-13/h5H,6-7,13H2,1-4H3,(H2,14,15,16,17). The van der Waals surface area contributed by atoms with Crippen LogP contribution in [0.15, 0.2) is 10.7 Å². The zero-order chi connectivity index (χ0) is 13.8. The molecule has 1 heterocycles. The van der Waals surface area contributed by atoms with Gasteiger partial charge in [0.25, 0.3) is 0 Å². The van der Waals surface area contributed by atoms with E-state index in [2.05, 4.69) is 69.5 Å². The minimum atomic E-state index is 0.143. The van der Waals surface area contributed by atoms with E-state index in [1.165, 1.54) is 0 Å². The van der Waals surface area contributed by atoms with Crippen LogP contribution in [0.2, 0.25) is 0 Å². The molecule has 0 saturated carbocycles. The van der Waals surface area contributed by atoms with Gasteiger partial charge in [-0.3, -0.25) is 5.43 Å². The van der Waals surface area contributed by atoms with Crippen molar-refractivity contribution in [1.29, 1.82) is 0 Å². The van der Waals surface area contributed by atoms with E-state index in [4.69, 9.17) is 5.84 Å². The molecular formula is C11H21BrN6. The molecule has 0 aliphatic carbocycles. The highest BCUT2D eigenvalue weighted by molar-refractivity contribution is 9.10. The van der Waals surface area contributed by atoms with Crippen LogP contribution in [0.1, 0.15) is 13.8 Å². The molecule has 0 atom stereocenters. The highest BCUT2D eigenvalue weighted by atomic mass is 79.9. The Hall–Kier alpha value is -0.920. The van der Waals surface area contributed by atoms with Crippen LogP contribution >= 0.6 is 15.9 Å². The molecule has 7 heteroatoms. The Kier molecular flexibility index (Phi) is 5.30. The molecule has 0 bridgehead atoms. The van der Waals surface area contributed by atoms with E-state index in [1.807, 2.05) is 0 Å². The van der Waals surface area contributed by atoms with Crippen LogP contribution in [0, 0.1) is 5.41 Å². The van der Waals surface area contributed by atoms with E-state index in [1.54, 1.807) is 6.20 Å². The molecule has 1 rings (SSSR count). The molecule has 1 aromatic heterocycles. The first-order valence-corrected chi connectivity index (χ1v) is 6.51. The maximum absolute atomic E-state index is 5.29. The molecule has 0 saturated heterocycles. The smallest absolute Gasteiger partial charge is 0.239 e. The van der Waals surface area contributed by atoms with E-state index in [-0.39, 0.29) is 5.41 Å². The summed E-state index contributed by atoms with van der Waals surface area (Å²) in [5, 5.41) is 3.31. The third-order valence-corrected chi connectivity index (χ3v) is 2.93. The molecular weight excluding hydrogens is 296 g/mol. The summed E-state index contributed by atoms with van der Waals surface area (Å²) in [6, 6.07) is 0. The Morgan fingerprint density at radius 3 is 2.67 bits per heavy atom. The third-order valence-electron chi connectivity index (χ3n) is 2.35. The Balaban J connectivity index is 2.67. The molecule has 6 nitrogen and oxygen atoms in total. The molecule has 0 radical (unpaired) electrons. The van der Waals surface area contributed by atoms with Crippen molar-refractivity contribution in [1.82, 2.24) is 14.9 Å². The van der Waals surface area contributed by atoms with Gasteiger partial charge in [-0.05, 0) is 35.4 Å². The number of nitrogens with two attached hydrogens (primary N) is 1. The number of halogens is 1. The van der Waals surface area contributed by atoms with Gasteiger partial charge in [0, 0.05) is 19.3 Å². The van der Waals surface area contributed by atoms with Gasteiger partial charge in [0.15, 0.2) is 0 Å². The summed E-state index contributed by atoms with van der Waals surface area (Å²) >= 11 is 3.41. The summed E-state index contributed by atoms with van der Waals surface area (Å²) in [6.07, 6.45) is 1.67. The van der Waals surface area contributed by atoms with Crippen LogP contribution in [0.25, 0.3) is 0 Å². The predicted molar refractivity (Wildman–Crippen MR) is 78.4 cm³/mol. The first-order chi connectivity index (χ1) is 8.34. The van der Waals surface area contributed by atoms with Crippen molar-refractivity contribution >= 4 is 27.7 Å². The number of hydrogen-bond donors (Lipinski definition) is 3. The van der Waals surface area contributed by atoms with Gasteiger partial charge in [-0.25, -0.2) is 10.8 Å². The summed E-state index contributed by atoms with van der Waals surface area (Å²) in [6.45, 7) is 6.21. The molecule has 0 aromatic carbocycles. The second-order valence-corrected chi connectivity index (χ2v) is 6.14. The van der Waals surface area contributed by atoms with Crippen LogP contribution in [0.5, 0.6) is 0 Å². The zero-order valence-electron chi connectivity index (χ0n) is 11.3. The Labute approximate surface area is 116 Å². The van der Waals surface area contributed by atoms with E-state index in [0.717, 1.165) is 23.4 Å². The fraction of sp³-hybridized carbons (Fsp3) is 0.636. The van der Waals surface area contributed by atoms with Gasteiger partial charge in [-0.2, -0.15) is 4.98 Å². The SMILES string of the molecule is CN(C)CC(C)(C)CNc1nc(NN)ncc1Br. The highest BCUT2D eigenvalue weighted by Crippen LogP contribution is 2.22. The maximum atomic E-state index is 5.29. The van der Waals surface area contributed by atoms with Crippen LogP contribution in [-0.2, 0) is 0 Å². The molecule has 4 N–H and O–H groups in total. The summed E-state index contributed by atoms with van der Waals surface area (Å²) in [5.41, 5.74) is 2.58. The topological polar surface area (TPSA) is 79.1 Å². The largest absolute Gasteiger partial charge is 0.368 e. The van der Waals surface area contributed by atoms with Gasteiger partial charge in [0.1, 0.15) is 5.82 Å². The van der Waals surface area contributed by atoms with Crippen molar-refractivity contribution in [2.75, 3.05) is 37.9 Å². The number of nitrogens with one attached hydrogen (secondary N) is 2. The lowest BCUT2D eigenvalue weighted by atomic mass is 9.93. The van der Waals surface area contributed by atoms with E-state index < -0.39 is 0 Å². The summed E-state index contributed by atoms with van der Waals surface area (Å²) in [5.74, 6) is 6.43. The van der Waals surface area contributed by atoms with Gasteiger partial charge in [-0.1, -0.05) is 13.8 Å². The van der Waals surface area contributed by atoms with E-state index in [0.29, 0.717) is 5.95 Å². The molecule has 0 unspecified atom stereocenters. The second kappa shape index (κ2) is 6.31. The Bertz CT molecular complexity index is 393.